The largest absolute Gasteiger partial charge is 0.490 e. The molecule has 1 aliphatic heterocycles. The second kappa shape index (κ2) is 18.0. The predicted octanol–water partition coefficient (Wildman–Crippen LogP) is 2.79. The van der Waals surface area contributed by atoms with Crippen molar-refractivity contribution in [1.29, 1.82) is 0 Å². The standard InChI is InChI=1S/C17H26N6O.3C2HF3O2/c1-21(2)8-9-24-13-15-11-23(10-14-4-6-18-7-5-14)12-16-17(15)22(3)20-19-16;3*3-2(4,5)1(6)7/h4-7,15H,8-13H2,1-3H3;3*(H,6,7). The highest BCUT2D eigenvalue weighted by atomic mass is 19.4. The van der Waals surface area contributed by atoms with E-state index >= 15 is 0 Å². The van der Waals surface area contributed by atoms with Gasteiger partial charge in [-0.05, 0) is 31.8 Å². The number of nitrogens with zero attached hydrogens (tertiary/aromatic N) is 6. The van der Waals surface area contributed by atoms with Crippen molar-refractivity contribution in [2.75, 3.05) is 40.4 Å². The van der Waals surface area contributed by atoms with Crippen LogP contribution in [0.15, 0.2) is 24.5 Å². The highest BCUT2D eigenvalue weighted by molar-refractivity contribution is 5.73. The van der Waals surface area contributed by atoms with Gasteiger partial charge in [-0.1, -0.05) is 5.21 Å². The molecule has 1 atom stereocenters. The van der Waals surface area contributed by atoms with E-state index in [2.05, 4.69) is 51.3 Å². The van der Waals surface area contributed by atoms with Crippen LogP contribution in [-0.2, 0) is 39.3 Å². The first kappa shape index (κ1) is 41.0. The molecule has 0 aliphatic carbocycles. The number of carboxylic acid groups (broad SMARTS) is 3. The summed E-state index contributed by atoms with van der Waals surface area (Å²) in [5, 5.41) is 29.9. The van der Waals surface area contributed by atoms with Crippen LogP contribution in [0.2, 0.25) is 0 Å². The number of hydrogen-bond acceptors (Lipinski definition) is 9. The number of carbonyl (C=O) groups is 3. The highest BCUT2D eigenvalue weighted by Crippen LogP contribution is 2.27. The fourth-order valence-electron chi connectivity index (χ4n) is 3.17. The number of pyridine rings is 1. The molecular formula is C23H29F9N6O7. The quantitative estimate of drug-likeness (QED) is 0.291. The summed E-state index contributed by atoms with van der Waals surface area (Å²) >= 11 is 0. The van der Waals surface area contributed by atoms with Crippen LogP contribution >= 0.6 is 0 Å². The van der Waals surface area contributed by atoms with E-state index in [1.807, 2.05) is 24.1 Å². The summed E-state index contributed by atoms with van der Waals surface area (Å²) in [6.45, 7) is 5.07. The third-order valence-electron chi connectivity index (χ3n) is 5.07. The zero-order chi connectivity index (χ0) is 35.2. The molecule has 13 nitrogen and oxygen atoms in total. The summed E-state index contributed by atoms with van der Waals surface area (Å²) in [5.74, 6) is -7.97. The third kappa shape index (κ3) is 17.1. The maximum absolute atomic E-state index is 10.6. The monoisotopic (exact) mass is 672 g/mol. The number of alkyl halides is 9. The van der Waals surface area contributed by atoms with Crippen molar-refractivity contribution in [1.82, 2.24) is 29.8 Å². The van der Waals surface area contributed by atoms with Crippen LogP contribution in [0, 0.1) is 0 Å². The maximum Gasteiger partial charge on any atom is 0.490 e. The third-order valence-corrected chi connectivity index (χ3v) is 5.07. The summed E-state index contributed by atoms with van der Waals surface area (Å²) in [7, 11) is 6.09. The minimum absolute atomic E-state index is 0.303. The van der Waals surface area contributed by atoms with Crippen molar-refractivity contribution in [2.24, 2.45) is 7.05 Å². The van der Waals surface area contributed by atoms with Gasteiger partial charge in [0.05, 0.1) is 18.9 Å². The van der Waals surface area contributed by atoms with E-state index in [9.17, 15) is 39.5 Å². The lowest BCUT2D eigenvalue weighted by Gasteiger charge is -2.32. The van der Waals surface area contributed by atoms with E-state index < -0.39 is 36.4 Å². The van der Waals surface area contributed by atoms with Crippen LogP contribution in [-0.4, -0.2) is 122 Å². The fraction of sp³-hybridized carbons (Fsp3) is 0.565. The normalized spacial score (nSPS) is 14.9. The maximum atomic E-state index is 10.6. The SMILES string of the molecule is CN(C)CCOCC1CN(Cc2ccncc2)Cc2nnn(C)c21.O=C(O)C(F)(F)F.O=C(O)C(F)(F)F.O=C(O)C(F)(F)F. The molecule has 0 amide bonds. The van der Waals surface area contributed by atoms with E-state index in [0.29, 0.717) is 12.5 Å². The summed E-state index contributed by atoms with van der Waals surface area (Å²) in [4.78, 5) is 35.3. The molecule has 0 aromatic carbocycles. The molecule has 1 aliphatic rings. The van der Waals surface area contributed by atoms with Gasteiger partial charge in [-0.2, -0.15) is 39.5 Å². The fourth-order valence-corrected chi connectivity index (χ4v) is 3.17. The van der Waals surface area contributed by atoms with Gasteiger partial charge in [0.1, 0.15) is 5.69 Å². The lowest BCUT2D eigenvalue weighted by molar-refractivity contribution is -0.193. The highest BCUT2D eigenvalue weighted by Gasteiger charge is 2.39. The zero-order valence-electron chi connectivity index (χ0n) is 23.7. The van der Waals surface area contributed by atoms with Crippen molar-refractivity contribution >= 4 is 17.9 Å². The van der Waals surface area contributed by atoms with Crippen LogP contribution in [0.3, 0.4) is 0 Å². The van der Waals surface area contributed by atoms with E-state index in [4.69, 9.17) is 34.4 Å². The van der Waals surface area contributed by atoms with Gasteiger partial charge in [-0.25, -0.2) is 14.4 Å². The van der Waals surface area contributed by atoms with Crippen molar-refractivity contribution < 1.29 is 74.0 Å². The van der Waals surface area contributed by atoms with Crippen molar-refractivity contribution in [3.63, 3.8) is 0 Å². The molecule has 256 valence electrons. The first-order valence-corrected chi connectivity index (χ1v) is 12.1. The Morgan fingerprint density at radius 3 is 1.76 bits per heavy atom. The first-order valence-electron chi connectivity index (χ1n) is 12.1. The lowest BCUT2D eigenvalue weighted by atomic mass is 9.98. The summed E-state index contributed by atoms with van der Waals surface area (Å²) in [6, 6.07) is 4.13. The topological polar surface area (TPSA) is 171 Å². The number of carboxylic acids is 3. The molecule has 0 bridgehead atoms. The molecule has 0 saturated heterocycles. The van der Waals surface area contributed by atoms with Gasteiger partial charge >= 0.3 is 36.4 Å². The lowest BCUT2D eigenvalue weighted by Crippen LogP contribution is -2.36. The number of aromatic nitrogens is 4. The molecule has 0 saturated carbocycles. The zero-order valence-corrected chi connectivity index (χ0v) is 23.7. The van der Waals surface area contributed by atoms with Gasteiger partial charge in [0.15, 0.2) is 0 Å². The summed E-state index contributed by atoms with van der Waals surface area (Å²) in [6.07, 6.45) is -11.6. The van der Waals surface area contributed by atoms with Gasteiger partial charge in [0, 0.05) is 51.5 Å². The van der Waals surface area contributed by atoms with Gasteiger partial charge in [-0.3, -0.25) is 14.6 Å². The number of fused-ring (bicyclic) bond motifs is 1. The molecule has 22 heteroatoms. The van der Waals surface area contributed by atoms with Crippen molar-refractivity contribution in [2.45, 2.75) is 37.5 Å². The van der Waals surface area contributed by atoms with E-state index in [-0.39, 0.29) is 0 Å². The molecule has 1 unspecified atom stereocenters. The number of ether oxygens (including phenoxy) is 1. The second-order valence-electron chi connectivity index (χ2n) is 9.05. The van der Waals surface area contributed by atoms with E-state index in [1.54, 1.807) is 0 Å². The molecule has 2 aromatic rings. The predicted molar refractivity (Wildman–Crippen MR) is 133 cm³/mol. The molecule has 0 spiro atoms. The van der Waals surface area contributed by atoms with Gasteiger partial charge in [0.2, 0.25) is 0 Å². The van der Waals surface area contributed by atoms with Gasteiger partial charge in [-0.15, -0.1) is 5.10 Å². The molecule has 3 heterocycles. The Balaban J connectivity index is 0.000000753. The number of rotatable bonds is 7. The van der Waals surface area contributed by atoms with Crippen molar-refractivity contribution in [3.05, 3.63) is 41.5 Å². The van der Waals surface area contributed by atoms with E-state index in [0.717, 1.165) is 38.5 Å². The van der Waals surface area contributed by atoms with Crippen LogP contribution < -0.4 is 0 Å². The molecule has 0 radical (unpaired) electrons. The number of aryl methyl sites for hydroxylation is 1. The first-order chi connectivity index (χ1) is 20.5. The second-order valence-corrected chi connectivity index (χ2v) is 9.05. The number of aliphatic carboxylic acids is 3. The Hall–Kier alpha value is -4.05. The van der Waals surface area contributed by atoms with Crippen LogP contribution in [0.5, 0.6) is 0 Å². The molecule has 45 heavy (non-hydrogen) atoms. The Labute approximate surface area is 248 Å². The average Bonchev–Trinajstić information content (AvgIpc) is 3.27. The minimum atomic E-state index is -5.08. The molecular weight excluding hydrogens is 643 g/mol. The van der Waals surface area contributed by atoms with Gasteiger partial charge in [0.25, 0.3) is 0 Å². The Morgan fingerprint density at radius 2 is 1.36 bits per heavy atom. The van der Waals surface area contributed by atoms with Crippen LogP contribution in [0.1, 0.15) is 22.9 Å². The molecule has 3 N–H and O–H groups in total. The number of halogens is 9. The summed E-state index contributed by atoms with van der Waals surface area (Å²) in [5.41, 5.74) is 3.55. The smallest absolute Gasteiger partial charge is 0.475 e. The number of hydrogen-bond donors (Lipinski definition) is 3. The van der Waals surface area contributed by atoms with Crippen molar-refractivity contribution in [3.8, 4) is 0 Å². The van der Waals surface area contributed by atoms with E-state index in [1.165, 1.54) is 11.3 Å². The Morgan fingerprint density at radius 1 is 0.911 bits per heavy atom. The Kier molecular flexibility index (Phi) is 16.4. The molecule has 0 fully saturated rings. The Bertz CT molecular complexity index is 1150. The number of likely N-dealkylation sites (N-methyl/N-ethyl adjacent to an activating group) is 1. The minimum Gasteiger partial charge on any atom is -0.475 e. The van der Waals surface area contributed by atoms with Crippen LogP contribution in [0.25, 0.3) is 0 Å². The average molecular weight is 673 g/mol. The molecule has 3 rings (SSSR count). The van der Waals surface area contributed by atoms with Crippen LogP contribution in [0.4, 0.5) is 39.5 Å². The molecule has 2 aromatic heterocycles. The summed E-state index contributed by atoms with van der Waals surface area (Å²) < 4.78 is 103. The van der Waals surface area contributed by atoms with Gasteiger partial charge < -0.3 is 25.0 Å².